The molecule has 0 aromatic carbocycles. The fraction of sp³-hybridized carbons (Fsp3) is 0.663. The predicted molar refractivity (Wildman–Crippen MR) is 440 cm³/mol. The average Bonchev–Trinajstić information content (AvgIpc) is 3.56. The third-order valence-corrected chi connectivity index (χ3v) is 20.0. The first-order valence-electron chi connectivity index (χ1n) is 40.0. The predicted octanol–water partition coefficient (Wildman–Crippen LogP) is 32.3. The molecule has 0 saturated heterocycles. The summed E-state index contributed by atoms with van der Waals surface area (Å²) in [5.74, 6) is 2.33. The SMILES string of the molecule is CC(=CCCC(C)=CCCC(C)=CCCC(C)=CCCC(C)=CCCC(C)=CCCC(C)=CCCC(C)=CCCC(C)CCO)CCC=C(C)CCC=C(C)CCC=C(C)CCC=C(C)CCC=C(C)CCC=C(C)CCC=C(C)CCC=C(C)CCCC(C)CCCC(C)C. The molecule has 0 aromatic heterocycles. The van der Waals surface area contributed by atoms with E-state index in [-0.39, 0.29) is 0 Å². The second-order valence-corrected chi connectivity index (χ2v) is 31.4. The average molecular weight is 1320 g/mol. The van der Waals surface area contributed by atoms with E-state index < -0.39 is 0 Å². The van der Waals surface area contributed by atoms with Crippen LogP contribution in [0.1, 0.15) is 389 Å². The summed E-state index contributed by atoms with van der Waals surface area (Å²) < 4.78 is 0. The number of hydrogen-bond donors (Lipinski definition) is 1. The third-order valence-electron chi connectivity index (χ3n) is 20.0. The van der Waals surface area contributed by atoms with Crippen LogP contribution in [0.25, 0.3) is 0 Å². The third kappa shape index (κ3) is 62.1. The Kier molecular flexibility index (Phi) is 59.1. The van der Waals surface area contributed by atoms with E-state index in [9.17, 15) is 0 Å². The minimum absolute atomic E-state index is 0.309. The van der Waals surface area contributed by atoms with Gasteiger partial charge in [0.15, 0.2) is 0 Å². The van der Waals surface area contributed by atoms with Crippen LogP contribution in [0, 0.1) is 17.8 Å². The zero-order chi connectivity index (χ0) is 71.6. The maximum Gasteiger partial charge on any atom is 0.0433 e. The fourth-order valence-corrected chi connectivity index (χ4v) is 12.6. The Morgan fingerprint density at radius 2 is 0.344 bits per heavy atom. The van der Waals surface area contributed by atoms with Gasteiger partial charge in [0.1, 0.15) is 0 Å². The van der Waals surface area contributed by atoms with Gasteiger partial charge in [-0.15, -0.1) is 0 Å². The van der Waals surface area contributed by atoms with Crippen LogP contribution in [0.15, 0.2) is 186 Å². The van der Waals surface area contributed by atoms with Gasteiger partial charge in [-0.25, -0.2) is 0 Å². The van der Waals surface area contributed by atoms with Gasteiger partial charge >= 0.3 is 0 Å². The molecule has 0 aromatic rings. The fourth-order valence-electron chi connectivity index (χ4n) is 12.6. The number of aliphatic hydroxyl groups excluding tert-OH is 1. The summed E-state index contributed by atoms with van der Waals surface area (Å²) in [6.07, 6.45) is 85.9. The maximum atomic E-state index is 9.11. The van der Waals surface area contributed by atoms with E-state index >= 15 is 0 Å². The summed E-state index contributed by atoms with van der Waals surface area (Å²) in [6, 6.07) is 0. The Morgan fingerprint density at radius 3 is 0.521 bits per heavy atom. The van der Waals surface area contributed by atoms with Gasteiger partial charge in [0.25, 0.3) is 0 Å². The van der Waals surface area contributed by atoms with Crippen molar-refractivity contribution in [2.24, 2.45) is 17.8 Å². The number of allylic oxidation sites excluding steroid dienone is 32. The lowest BCUT2D eigenvalue weighted by molar-refractivity contribution is 0.259. The van der Waals surface area contributed by atoms with Gasteiger partial charge < -0.3 is 5.11 Å². The van der Waals surface area contributed by atoms with E-state index in [0.29, 0.717) is 12.5 Å². The molecule has 2 atom stereocenters. The first kappa shape index (κ1) is 91.8. The van der Waals surface area contributed by atoms with Crippen LogP contribution in [-0.4, -0.2) is 11.7 Å². The zero-order valence-electron chi connectivity index (χ0n) is 67.7. The summed E-state index contributed by atoms with van der Waals surface area (Å²) in [4.78, 5) is 0. The second kappa shape index (κ2) is 61.9. The van der Waals surface area contributed by atoms with Crippen LogP contribution in [0.5, 0.6) is 0 Å². The van der Waals surface area contributed by atoms with Crippen LogP contribution in [0.3, 0.4) is 0 Å². The first-order valence-corrected chi connectivity index (χ1v) is 40.0. The molecule has 1 heteroatoms. The van der Waals surface area contributed by atoms with Crippen LogP contribution < -0.4 is 0 Å². The topological polar surface area (TPSA) is 20.2 Å². The molecule has 0 spiro atoms. The van der Waals surface area contributed by atoms with Crippen molar-refractivity contribution in [2.75, 3.05) is 6.61 Å². The summed E-state index contributed by atoms with van der Waals surface area (Å²) in [7, 11) is 0. The van der Waals surface area contributed by atoms with Crippen LogP contribution >= 0.6 is 0 Å². The minimum Gasteiger partial charge on any atom is -0.396 e. The van der Waals surface area contributed by atoms with Crippen molar-refractivity contribution < 1.29 is 5.11 Å². The van der Waals surface area contributed by atoms with Gasteiger partial charge in [-0.1, -0.05) is 240 Å². The van der Waals surface area contributed by atoms with Crippen molar-refractivity contribution in [3.63, 3.8) is 0 Å². The molecule has 1 nitrogen and oxygen atoms in total. The quantitative estimate of drug-likeness (QED) is 0.0602. The van der Waals surface area contributed by atoms with E-state index in [4.69, 9.17) is 5.11 Å². The first-order chi connectivity index (χ1) is 45.9. The second-order valence-electron chi connectivity index (χ2n) is 31.4. The van der Waals surface area contributed by atoms with E-state index in [1.807, 2.05) is 0 Å². The van der Waals surface area contributed by atoms with E-state index in [1.54, 1.807) is 16.7 Å². The lowest BCUT2D eigenvalue weighted by Gasteiger charge is -2.12. The van der Waals surface area contributed by atoms with Gasteiger partial charge in [0, 0.05) is 6.61 Å². The smallest absolute Gasteiger partial charge is 0.0433 e. The van der Waals surface area contributed by atoms with E-state index in [1.165, 1.54) is 214 Å². The summed E-state index contributed by atoms with van der Waals surface area (Å²) >= 11 is 0. The Morgan fingerprint density at radius 1 is 0.188 bits per heavy atom. The standard InChI is InChI=1S/C95H160O/c1-77(2)39-21-40-78(3)41-22-42-79(4)43-23-44-80(5)45-24-46-81(6)47-25-48-82(7)49-26-50-83(8)51-27-52-84(9)53-28-54-85(10)55-29-56-86(11)57-30-58-87(12)59-31-60-88(13)61-32-62-89(14)63-33-64-90(15)65-34-66-91(16)67-35-68-92(17)69-36-70-93(18)71-37-72-94(19)73-38-74-95(20)75-76-96/h43,45,47,49,51,53,55,57,59,61,63,65,67,69,71,73,77-78,95-96H,21-42,44,46,48,50,52,54,56,58,60,62,64,66,68,70,72,74-76H2,1-20H3. The highest BCUT2D eigenvalue weighted by Crippen LogP contribution is 2.24. The Labute approximate surface area is 601 Å². The molecule has 0 aliphatic rings. The minimum atomic E-state index is 0.309. The zero-order valence-corrected chi connectivity index (χ0v) is 67.7. The molecule has 546 valence electrons. The molecular formula is C95H160O. The highest BCUT2D eigenvalue weighted by Gasteiger charge is 2.06. The molecule has 0 aliphatic carbocycles. The number of hydrogen-bond acceptors (Lipinski definition) is 1. The summed E-state index contributed by atoms with van der Waals surface area (Å²) in [5.41, 5.74) is 24.5. The summed E-state index contributed by atoms with van der Waals surface area (Å²) in [6.45, 7) is 46.8. The highest BCUT2D eigenvalue weighted by atomic mass is 16.3. The molecule has 2 unspecified atom stereocenters. The van der Waals surface area contributed by atoms with Gasteiger partial charge in [0.2, 0.25) is 0 Å². The van der Waals surface area contributed by atoms with Crippen molar-refractivity contribution in [3.05, 3.63) is 186 Å². The maximum absolute atomic E-state index is 9.11. The Balaban J connectivity index is 4.33. The van der Waals surface area contributed by atoms with Gasteiger partial charge in [-0.05, 0) is 353 Å². The van der Waals surface area contributed by atoms with Crippen molar-refractivity contribution in [3.8, 4) is 0 Å². The molecule has 96 heavy (non-hydrogen) atoms. The molecule has 1 N–H and O–H groups in total. The molecule has 0 saturated carbocycles. The van der Waals surface area contributed by atoms with Crippen molar-refractivity contribution in [2.45, 2.75) is 389 Å². The molecule has 0 heterocycles. The molecule has 0 fully saturated rings. The molecule has 0 radical (unpaired) electrons. The normalized spacial score (nSPS) is 15.7. The summed E-state index contributed by atoms with van der Waals surface area (Å²) in [5, 5.41) is 9.11. The highest BCUT2D eigenvalue weighted by molar-refractivity contribution is 5.14. The van der Waals surface area contributed by atoms with Gasteiger partial charge in [-0.3, -0.25) is 0 Å². The Bertz CT molecular complexity index is 2550. The van der Waals surface area contributed by atoms with Crippen LogP contribution in [0.2, 0.25) is 0 Å². The lowest BCUT2D eigenvalue weighted by Crippen LogP contribution is -1.97. The number of aliphatic hydroxyl groups is 1. The van der Waals surface area contributed by atoms with Crippen LogP contribution in [-0.2, 0) is 0 Å². The van der Waals surface area contributed by atoms with Crippen molar-refractivity contribution in [1.29, 1.82) is 0 Å². The van der Waals surface area contributed by atoms with Gasteiger partial charge in [0.05, 0.1) is 0 Å². The number of rotatable bonds is 58. The van der Waals surface area contributed by atoms with Crippen LogP contribution in [0.4, 0.5) is 0 Å². The molecule has 0 amide bonds. The van der Waals surface area contributed by atoms with Gasteiger partial charge in [-0.2, -0.15) is 0 Å². The van der Waals surface area contributed by atoms with Crippen molar-refractivity contribution in [1.82, 2.24) is 0 Å². The monoisotopic (exact) mass is 1320 g/mol. The molecular weight excluding hydrogens is 1160 g/mol. The van der Waals surface area contributed by atoms with E-state index in [0.717, 1.165) is 121 Å². The lowest BCUT2D eigenvalue weighted by atomic mass is 9.94. The van der Waals surface area contributed by atoms with E-state index in [2.05, 4.69) is 236 Å². The Hall–Kier alpha value is -4.20. The molecule has 0 bridgehead atoms. The van der Waals surface area contributed by atoms with Crippen molar-refractivity contribution >= 4 is 0 Å². The molecule has 0 aliphatic heterocycles. The molecule has 0 rings (SSSR count). The largest absolute Gasteiger partial charge is 0.396 e.